The average molecular weight is 335 g/mol. The minimum atomic E-state index is -0.720. The highest BCUT2D eigenvalue weighted by Gasteiger charge is 2.33. The summed E-state index contributed by atoms with van der Waals surface area (Å²) >= 11 is 3.37. The van der Waals surface area contributed by atoms with E-state index in [1.165, 1.54) is 0 Å². The van der Waals surface area contributed by atoms with Crippen LogP contribution in [0.25, 0.3) is 5.69 Å². The molecule has 1 unspecified atom stereocenters. The summed E-state index contributed by atoms with van der Waals surface area (Å²) in [6, 6.07) is 8.03. The van der Waals surface area contributed by atoms with Crippen molar-refractivity contribution in [2.45, 2.75) is 25.2 Å². The average Bonchev–Trinajstić information content (AvgIpc) is 3.18. The predicted molar refractivity (Wildman–Crippen MR) is 79.0 cm³/mol. The Kier molecular flexibility index (Phi) is 3.61. The van der Waals surface area contributed by atoms with E-state index in [1.54, 1.807) is 10.9 Å². The molecule has 4 nitrogen and oxygen atoms in total. The number of aliphatic carboxylic acids is 1. The molecule has 1 aliphatic carbocycles. The predicted octanol–water partition coefficient (Wildman–Crippen LogP) is 3.60. The van der Waals surface area contributed by atoms with Gasteiger partial charge in [-0.3, -0.25) is 4.79 Å². The Morgan fingerprint density at radius 2 is 2.10 bits per heavy atom. The molecule has 104 valence electrons. The van der Waals surface area contributed by atoms with Crippen LogP contribution in [-0.4, -0.2) is 20.9 Å². The Bertz CT molecular complexity index is 617. The molecule has 3 rings (SSSR count). The summed E-state index contributed by atoms with van der Waals surface area (Å²) in [5.74, 6) is -0.0383. The fourth-order valence-electron chi connectivity index (χ4n) is 2.56. The van der Waals surface area contributed by atoms with E-state index in [1.807, 2.05) is 30.5 Å². The zero-order chi connectivity index (χ0) is 14.1. The summed E-state index contributed by atoms with van der Waals surface area (Å²) in [6.07, 6.45) is 6.14. The topological polar surface area (TPSA) is 55.1 Å². The van der Waals surface area contributed by atoms with Crippen LogP contribution in [0.2, 0.25) is 0 Å². The van der Waals surface area contributed by atoms with Gasteiger partial charge in [-0.25, -0.2) is 4.68 Å². The maximum absolute atomic E-state index is 11.0. The lowest BCUT2D eigenvalue weighted by molar-refractivity contribution is -0.137. The Hall–Kier alpha value is -1.62. The number of nitrogens with zero attached hydrogens (tertiary/aromatic N) is 2. The first kappa shape index (κ1) is 13.4. The van der Waals surface area contributed by atoms with Gasteiger partial charge in [-0.05, 0) is 58.3 Å². The van der Waals surface area contributed by atoms with Crippen molar-refractivity contribution in [1.29, 1.82) is 0 Å². The van der Waals surface area contributed by atoms with Crippen LogP contribution in [0, 0.1) is 5.92 Å². The summed E-state index contributed by atoms with van der Waals surface area (Å²) in [5.41, 5.74) is 2.09. The third-order valence-corrected chi connectivity index (χ3v) is 4.13. The van der Waals surface area contributed by atoms with E-state index in [9.17, 15) is 4.79 Å². The minimum Gasteiger partial charge on any atom is -0.481 e. The van der Waals surface area contributed by atoms with Crippen LogP contribution in [0.1, 0.15) is 30.7 Å². The zero-order valence-electron chi connectivity index (χ0n) is 10.9. The van der Waals surface area contributed by atoms with Gasteiger partial charge in [0.25, 0.3) is 0 Å². The van der Waals surface area contributed by atoms with Gasteiger partial charge < -0.3 is 5.11 Å². The quantitative estimate of drug-likeness (QED) is 0.908. The molecular weight excluding hydrogens is 320 g/mol. The summed E-state index contributed by atoms with van der Waals surface area (Å²) in [4.78, 5) is 11.0. The van der Waals surface area contributed by atoms with Crippen LogP contribution in [-0.2, 0) is 4.79 Å². The lowest BCUT2D eigenvalue weighted by atomic mass is 9.91. The smallest absolute Gasteiger partial charge is 0.303 e. The zero-order valence-corrected chi connectivity index (χ0v) is 12.5. The molecule has 1 saturated carbocycles. The number of carboxylic acid groups (broad SMARTS) is 1. The molecule has 1 aliphatic rings. The Morgan fingerprint density at radius 3 is 2.60 bits per heavy atom. The van der Waals surface area contributed by atoms with Gasteiger partial charge >= 0.3 is 5.97 Å². The van der Waals surface area contributed by atoms with Crippen molar-refractivity contribution < 1.29 is 9.90 Å². The highest BCUT2D eigenvalue weighted by Crippen LogP contribution is 2.44. The molecule has 0 radical (unpaired) electrons. The van der Waals surface area contributed by atoms with Gasteiger partial charge in [0.05, 0.1) is 22.8 Å². The van der Waals surface area contributed by atoms with Crippen LogP contribution >= 0.6 is 15.9 Å². The Morgan fingerprint density at radius 1 is 1.40 bits per heavy atom. The second kappa shape index (κ2) is 5.40. The SMILES string of the molecule is O=C(O)CC(c1ccc(-n2cc(Br)cn2)cc1)C1CC1. The van der Waals surface area contributed by atoms with Crippen LogP contribution in [0.4, 0.5) is 0 Å². The molecule has 1 fully saturated rings. The van der Waals surface area contributed by atoms with Crippen molar-refractivity contribution in [3.05, 3.63) is 46.7 Å². The maximum Gasteiger partial charge on any atom is 0.303 e. The van der Waals surface area contributed by atoms with Gasteiger partial charge in [0, 0.05) is 6.20 Å². The van der Waals surface area contributed by atoms with Gasteiger partial charge in [0.15, 0.2) is 0 Å². The van der Waals surface area contributed by atoms with Gasteiger partial charge in [-0.15, -0.1) is 0 Å². The third-order valence-electron chi connectivity index (χ3n) is 3.72. The fourth-order valence-corrected chi connectivity index (χ4v) is 2.85. The van der Waals surface area contributed by atoms with Crippen molar-refractivity contribution in [3.8, 4) is 5.69 Å². The fraction of sp³-hybridized carbons (Fsp3) is 0.333. The summed E-state index contributed by atoms with van der Waals surface area (Å²) in [7, 11) is 0. The highest BCUT2D eigenvalue weighted by atomic mass is 79.9. The standard InChI is InChI=1S/C15H15BrN2O2/c16-12-8-17-18(9-12)13-5-3-11(4-6-13)14(7-15(19)20)10-1-2-10/h3-6,8-10,14H,1-2,7H2,(H,19,20). The molecule has 0 saturated heterocycles. The molecule has 1 aromatic heterocycles. The second-order valence-corrected chi connectivity index (χ2v) is 6.15. The van der Waals surface area contributed by atoms with E-state index in [0.717, 1.165) is 28.6 Å². The van der Waals surface area contributed by atoms with E-state index >= 15 is 0 Å². The van der Waals surface area contributed by atoms with Gasteiger partial charge in [0.2, 0.25) is 0 Å². The summed E-state index contributed by atoms with van der Waals surface area (Å²) < 4.78 is 2.72. The van der Waals surface area contributed by atoms with Crippen LogP contribution in [0.3, 0.4) is 0 Å². The highest BCUT2D eigenvalue weighted by molar-refractivity contribution is 9.10. The minimum absolute atomic E-state index is 0.144. The molecule has 1 heterocycles. The molecule has 0 aliphatic heterocycles. The van der Waals surface area contributed by atoms with E-state index < -0.39 is 5.97 Å². The molecule has 1 aromatic carbocycles. The monoisotopic (exact) mass is 334 g/mol. The molecule has 0 amide bonds. The number of hydrogen-bond acceptors (Lipinski definition) is 2. The number of halogens is 1. The van der Waals surface area contributed by atoms with E-state index in [4.69, 9.17) is 5.11 Å². The summed E-state index contributed by atoms with van der Waals surface area (Å²) in [6.45, 7) is 0. The first-order chi connectivity index (χ1) is 9.63. The molecule has 1 atom stereocenters. The molecule has 1 N–H and O–H groups in total. The molecule has 0 spiro atoms. The number of carboxylic acids is 1. The third kappa shape index (κ3) is 2.93. The van der Waals surface area contributed by atoms with Crippen LogP contribution in [0.5, 0.6) is 0 Å². The lowest BCUT2D eigenvalue weighted by Gasteiger charge is -2.15. The molecular formula is C15H15BrN2O2. The number of carbonyl (C=O) groups is 1. The van der Waals surface area contributed by atoms with Crippen molar-refractivity contribution in [1.82, 2.24) is 9.78 Å². The molecule has 2 aromatic rings. The summed E-state index contributed by atoms with van der Waals surface area (Å²) in [5, 5.41) is 13.3. The van der Waals surface area contributed by atoms with Gasteiger partial charge in [-0.2, -0.15) is 5.10 Å². The normalized spacial score (nSPS) is 16.1. The van der Waals surface area contributed by atoms with Crippen molar-refractivity contribution >= 4 is 21.9 Å². The Balaban J connectivity index is 1.82. The van der Waals surface area contributed by atoms with Crippen molar-refractivity contribution in [2.24, 2.45) is 5.92 Å². The number of aromatic nitrogens is 2. The number of hydrogen-bond donors (Lipinski definition) is 1. The lowest BCUT2D eigenvalue weighted by Crippen LogP contribution is -2.08. The second-order valence-electron chi connectivity index (χ2n) is 5.24. The maximum atomic E-state index is 11.0. The number of benzene rings is 1. The first-order valence-corrected chi connectivity index (χ1v) is 7.45. The van der Waals surface area contributed by atoms with E-state index in [-0.39, 0.29) is 12.3 Å². The molecule has 5 heteroatoms. The van der Waals surface area contributed by atoms with E-state index in [0.29, 0.717) is 5.92 Å². The van der Waals surface area contributed by atoms with E-state index in [2.05, 4.69) is 21.0 Å². The van der Waals surface area contributed by atoms with Crippen LogP contribution in [0.15, 0.2) is 41.1 Å². The van der Waals surface area contributed by atoms with Crippen LogP contribution < -0.4 is 0 Å². The van der Waals surface area contributed by atoms with Crippen molar-refractivity contribution in [2.75, 3.05) is 0 Å². The van der Waals surface area contributed by atoms with Crippen molar-refractivity contribution in [3.63, 3.8) is 0 Å². The molecule has 0 bridgehead atoms. The number of rotatable bonds is 5. The Labute approximate surface area is 125 Å². The first-order valence-electron chi connectivity index (χ1n) is 6.66. The van der Waals surface area contributed by atoms with Gasteiger partial charge in [-0.1, -0.05) is 12.1 Å². The van der Waals surface area contributed by atoms with Gasteiger partial charge in [0.1, 0.15) is 0 Å². The molecule has 20 heavy (non-hydrogen) atoms. The largest absolute Gasteiger partial charge is 0.481 e.